The molecule has 5 rings (SSSR count). The van der Waals surface area contributed by atoms with Crippen molar-refractivity contribution >= 4 is 27.5 Å². The van der Waals surface area contributed by atoms with Crippen molar-refractivity contribution in [3.05, 3.63) is 120 Å². The van der Waals surface area contributed by atoms with Gasteiger partial charge >= 0.3 is 0 Å². The van der Waals surface area contributed by atoms with Gasteiger partial charge in [-0.1, -0.05) is 84.9 Å². The molecule has 0 saturated carbocycles. The van der Waals surface area contributed by atoms with Gasteiger partial charge in [-0.05, 0) is 70.8 Å². The number of methoxy groups -OCH3 is 2. The summed E-state index contributed by atoms with van der Waals surface area (Å²) in [5, 5.41) is 15.3. The van der Waals surface area contributed by atoms with Crippen LogP contribution in [-0.4, -0.2) is 52.3 Å². The Morgan fingerprint density at radius 1 is 0.667 bits per heavy atom. The number of fused-ring (bicyclic) bond motifs is 2. The van der Waals surface area contributed by atoms with E-state index < -0.39 is 0 Å². The van der Waals surface area contributed by atoms with E-state index >= 15 is 0 Å². The first kappa shape index (κ1) is 29.1. The Hall–Kier alpha value is -4.39. The summed E-state index contributed by atoms with van der Waals surface area (Å²) in [6.07, 6.45) is 1.56. The topological polar surface area (TPSA) is 71.6 Å². The van der Waals surface area contributed by atoms with Crippen LogP contribution in [0.4, 0.5) is 0 Å². The fourth-order valence-corrected chi connectivity index (χ4v) is 5.66. The van der Waals surface area contributed by atoms with Crippen LogP contribution in [0.25, 0.3) is 21.5 Å². The predicted octanol–water partition coefficient (Wildman–Crippen LogP) is 5.77. The molecule has 0 bridgehead atoms. The molecule has 2 atom stereocenters. The van der Waals surface area contributed by atoms with Crippen molar-refractivity contribution < 1.29 is 14.3 Å². The Labute approximate surface area is 248 Å². The maximum atomic E-state index is 13.5. The summed E-state index contributed by atoms with van der Waals surface area (Å²) in [6, 6.07) is 35.0. The number of hydrogen-bond donors (Lipinski definition) is 3. The number of rotatable bonds is 13. The van der Waals surface area contributed by atoms with E-state index in [0.29, 0.717) is 30.0 Å². The van der Waals surface area contributed by atoms with Gasteiger partial charge in [-0.15, -0.1) is 0 Å². The van der Waals surface area contributed by atoms with Crippen LogP contribution in [0.2, 0.25) is 0 Å². The largest absolute Gasteiger partial charge is 0.493 e. The van der Waals surface area contributed by atoms with Gasteiger partial charge in [0.1, 0.15) is 0 Å². The van der Waals surface area contributed by atoms with Crippen LogP contribution in [-0.2, 0) is 12.8 Å². The molecule has 0 aliphatic rings. The molecule has 6 heteroatoms. The molecule has 0 spiro atoms. The summed E-state index contributed by atoms with van der Waals surface area (Å²) in [5.74, 6) is 0.964. The molecule has 42 heavy (non-hydrogen) atoms. The molecule has 5 aromatic rings. The Morgan fingerprint density at radius 2 is 1.24 bits per heavy atom. The van der Waals surface area contributed by atoms with Gasteiger partial charge in [0, 0.05) is 30.7 Å². The van der Waals surface area contributed by atoms with Crippen molar-refractivity contribution in [1.29, 1.82) is 0 Å². The van der Waals surface area contributed by atoms with Gasteiger partial charge in [0.15, 0.2) is 11.5 Å². The molecule has 0 aliphatic heterocycles. The number of likely N-dealkylation sites (N-methyl/N-ethyl adjacent to an activating group) is 1. The fourth-order valence-electron chi connectivity index (χ4n) is 5.66. The molecule has 1 amide bonds. The SMILES string of the molecule is CNC[C@@H](Cc1cccc2ccccc12)NC[C@@H](Cc1cccc2ccccc12)NC(=O)c1ccc(OC)c(OC)c1. The van der Waals surface area contributed by atoms with Gasteiger partial charge in [-0.25, -0.2) is 0 Å². The lowest BCUT2D eigenvalue weighted by Gasteiger charge is -2.25. The number of ether oxygens (including phenoxy) is 2. The third-order valence-electron chi connectivity index (χ3n) is 7.78. The molecule has 6 nitrogen and oxygen atoms in total. The molecule has 0 saturated heterocycles. The molecule has 0 aliphatic carbocycles. The van der Waals surface area contributed by atoms with Crippen LogP contribution in [0.15, 0.2) is 103 Å². The molecular weight excluding hydrogens is 522 g/mol. The second-order valence-electron chi connectivity index (χ2n) is 10.6. The molecule has 0 unspecified atom stereocenters. The Kier molecular flexibility index (Phi) is 9.70. The quantitative estimate of drug-likeness (QED) is 0.170. The number of hydrogen-bond acceptors (Lipinski definition) is 5. The highest BCUT2D eigenvalue weighted by Gasteiger charge is 2.20. The molecule has 5 aromatic carbocycles. The first-order valence-corrected chi connectivity index (χ1v) is 14.4. The summed E-state index contributed by atoms with van der Waals surface area (Å²) >= 11 is 0. The van der Waals surface area contributed by atoms with Crippen LogP contribution in [0.5, 0.6) is 11.5 Å². The fraction of sp³-hybridized carbons (Fsp3) is 0.250. The highest BCUT2D eigenvalue weighted by molar-refractivity contribution is 5.95. The predicted molar refractivity (Wildman–Crippen MR) is 172 cm³/mol. The summed E-state index contributed by atoms with van der Waals surface area (Å²) in [6.45, 7) is 1.41. The average Bonchev–Trinajstić information content (AvgIpc) is 3.03. The second kappa shape index (κ2) is 14.0. The summed E-state index contributed by atoms with van der Waals surface area (Å²) in [7, 11) is 5.14. The van der Waals surface area contributed by atoms with Crippen molar-refractivity contribution in [2.75, 3.05) is 34.4 Å². The van der Waals surface area contributed by atoms with Crippen molar-refractivity contribution in [3.63, 3.8) is 0 Å². The average molecular weight is 562 g/mol. The third-order valence-corrected chi connectivity index (χ3v) is 7.78. The Bertz CT molecular complexity index is 1640. The molecule has 216 valence electrons. The first-order chi connectivity index (χ1) is 20.6. The van der Waals surface area contributed by atoms with E-state index in [-0.39, 0.29) is 18.0 Å². The zero-order chi connectivity index (χ0) is 29.3. The normalized spacial score (nSPS) is 12.6. The van der Waals surface area contributed by atoms with Gasteiger partial charge in [0.2, 0.25) is 0 Å². The van der Waals surface area contributed by atoms with E-state index in [1.165, 1.54) is 32.7 Å². The van der Waals surface area contributed by atoms with E-state index in [1.807, 2.05) is 7.05 Å². The van der Waals surface area contributed by atoms with Gasteiger partial charge in [0.25, 0.3) is 5.91 Å². The van der Waals surface area contributed by atoms with E-state index in [0.717, 1.165) is 13.0 Å². The maximum absolute atomic E-state index is 13.5. The monoisotopic (exact) mass is 561 g/mol. The van der Waals surface area contributed by atoms with E-state index in [9.17, 15) is 4.79 Å². The number of carbonyl (C=O) groups excluding carboxylic acids is 1. The number of carbonyl (C=O) groups is 1. The van der Waals surface area contributed by atoms with Gasteiger partial charge in [-0.3, -0.25) is 4.79 Å². The highest BCUT2D eigenvalue weighted by atomic mass is 16.5. The minimum atomic E-state index is -0.151. The zero-order valence-corrected chi connectivity index (χ0v) is 24.5. The second-order valence-corrected chi connectivity index (χ2v) is 10.6. The molecular formula is C36H39N3O3. The molecule has 0 fully saturated rings. The maximum Gasteiger partial charge on any atom is 0.251 e. The molecule has 0 aromatic heterocycles. The van der Waals surface area contributed by atoms with E-state index in [1.54, 1.807) is 32.4 Å². The van der Waals surface area contributed by atoms with Crippen molar-refractivity contribution in [3.8, 4) is 11.5 Å². The van der Waals surface area contributed by atoms with Crippen LogP contribution in [0, 0.1) is 0 Å². The van der Waals surface area contributed by atoms with E-state index in [2.05, 4.69) is 101 Å². The van der Waals surface area contributed by atoms with Gasteiger partial charge in [-0.2, -0.15) is 0 Å². The lowest BCUT2D eigenvalue weighted by molar-refractivity contribution is 0.0935. The van der Waals surface area contributed by atoms with Crippen LogP contribution in [0.1, 0.15) is 21.5 Å². The summed E-state index contributed by atoms with van der Waals surface area (Å²) in [5.41, 5.74) is 3.03. The van der Waals surface area contributed by atoms with Crippen LogP contribution >= 0.6 is 0 Å². The standard InChI is InChI=1S/C36H39N3O3/c1-37-23-30(20-27-14-8-12-25-10-4-6-16-32(25)27)38-24-31(21-28-15-9-13-26-11-5-7-17-33(26)28)39-36(40)29-18-19-34(41-2)35(22-29)42-3/h4-19,22,30-31,37-38H,20-21,23-24H2,1-3H3,(H,39,40)/t30-,31-/m1/s1. The third kappa shape index (κ3) is 6.90. The molecule has 0 heterocycles. The van der Waals surface area contributed by atoms with Gasteiger partial charge < -0.3 is 25.4 Å². The molecule has 0 radical (unpaired) electrons. The lowest BCUT2D eigenvalue weighted by Crippen LogP contribution is -2.48. The van der Waals surface area contributed by atoms with Crippen LogP contribution < -0.4 is 25.4 Å². The Morgan fingerprint density at radius 3 is 1.83 bits per heavy atom. The van der Waals surface area contributed by atoms with Gasteiger partial charge in [0.05, 0.1) is 14.2 Å². The number of nitrogens with one attached hydrogen (secondary N) is 3. The Balaban J connectivity index is 1.38. The van der Waals surface area contributed by atoms with E-state index in [4.69, 9.17) is 9.47 Å². The lowest BCUT2D eigenvalue weighted by atomic mass is 9.97. The minimum Gasteiger partial charge on any atom is -0.493 e. The minimum absolute atomic E-state index is 0.150. The highest BCUT2D eigenvalue weighted by Crippen LogP contribution is 2.28. The molecule has 3 N–H and O–H groups in total. The van der Waals surface area contributed by atoms with Crippen molar-refractivity contribution in [2.24, 2.45) is 0 Å². The van der Waals surface area contributed by atoms with Crippen molar-refractivity contribution in [1.82, 2.24) is 16.0 Å². The number of amides is 1. The first-order valence-electron chi connectivity index (χ1n) is 14.4. The summed E-state index contributed by atoms with van der Waals surface area (Å²) < 4.78 is 10.8. The van der Waals surface area contributed by atoms with Crippen LogP contribution in [0.3, 0.4) is 0 Å². The smallest absolute Gasteiger partial charge is 0.251 e. The zero-order valence-electron chi connectivity index (χ0n) is 24.5. The van der Waals surface area contributed by atoms with Crippen molar-refractivity contribution in [2.45, 2.75) is 24.9 Å². The summed E-state index contributed by atoms with van der Waals surface area (Å²) in [4.78, 5) is 13.5. The number of benzene rings is 5.